The third-order valence-electron chi connectivity index (χ3n) is 2.09. The number of urea groups is 1. The molecule has 1 aromatic heterocycles. The minimum Gasteiger partial charge on any atom is -0.476 e. The molecule has 0 aliphatic rings. The van der Waals surface area contributed by atoms with E-state index in [1.165, 1.54) is 16.7 Å². The van der Waals surface area contributed by atoms with E-state index in [2.05, 4.69) is 20.4 Å². The molecule has 9 heteroatoms. The van der Waals surface area contributed by atoms with Crippen molar-refractivity contribution in [2.24, 2.45) is 0 Å². The number of aromatic carboxylic acids is 1. The number of carboxylic acids is 1. The maximum absolute atomic E-state index is 11.3. The molecule has 0 saturated carbocycles. The topological polar surface area (TPSA) is 118 Å². The number of thiazole rings is 1. The first-order chi connectivity index (χ1) is 9.52. The Morgan fingerprint density at radius 3 is 2.75 bits per heavy atom. The summed E-state index contributed by atoms with van der Waals surface area (Å²) in [6, 6.07) is -0.493. The zero-order valence-corrected chi connectivity index (χ0v) is 11.7. The van der Waals surface area contributed by atoms with Crippen LogP contribution in [0.4, 0.5) is 4.79 Å². The second-order valence-electron chi connectivity index (χ2n) is 3.60. The third-order valence-corrected chi connectivity index (χ3v) is 3.00. The first-order valence-electron chi connectivity index (χ1n) is 5.88. The molecule has 3 N–H and O–H groups in total. The monoisotopic (exact) mass is 301 g/mol. The molecule has 8 nitrogen and oxygen atoms in total. The van der Waals surface area contributed by atoms with Gasteiger partial charge in [0.05, 0.1) is 11.6 Å². The number of carbonyl (C=O) groups excluding carboxylic acids is 2. The number of amides is 2. The molecule has 0 fully saturated rings. The van der Waals surface area contributed by atoms with Gasteiger partial charge < -0.3 is 20.5 Å². The average Bonchev–Trinajstić information content (AvgIpc) is 2.86. The van der Waals surface area contributed by atoms with E-state index >= 15 is 0 Å². The molecule has 0 spiro atoms. The van der Waals surface area contributed by atoms with Crippen LogP contribution in [0.15, 0.2) is 5.38 Å². The summed E-state index contributed by atoms with van der Waals surface area (Å²) in [4.78, 5) is 36.8. The molecule has 20 heavy (non-hydrogen) atoms. The first kappa shape index (κ1) is 15.9. The van der Waals surface area contributed by atoms with Gasteiger partial charge in [-0.1, -0.05) is 0 Å². The summed E-state index contributed by atoms with van der Waals surface area (Å²) in [5.41, 5.74) is -0.00300. The maximum atomic E-state index is 11.3. The van der Waals surface area contributed by atoms with Crippen molar-refractivity contribution in [2.75, 3.05) is 19.7 Å². The van der Waals surface area contributed by atoms with Gasteiger partial charge in [-0.25, -0.2) is 14.6 Å². The smallest absolute Gasteiger partial charge is 0.355 e. The summed E-state index contributed by atoms with van der Waals surface area (Å²) in [6.07, 6.45) is 0.421. The average molecular weight is 301 g/mol. The zero-order valence-electron chi connectivity index (χ0n) is 10.8. The summed E-state index contributed by atoms with van der Waals surface area (Å²) in [5, 5.41) is 15.6. The minimum atomic E-state index is -1.08. The number of rotatable bonds is 7. The van der Waals surface area contributed by atoms with E-state index in [0.717, 1.165) is 0 Å². The van der Waals surface area contributed by atoms with E-state index in [-0.39, 0.29) is 18.8 Å². The van der Waals surface area contributed by atoms with Crippen molar-refractivity contribution in [2.45, 2.75) is 13.3 Å². The Kier molecular flexibility index (Phi) is 6.44. The number of hydrogen-bond donors (Lipinski definition) is 3. The highest BCUT2D eigenvalue weighted by atomic mass is 32.1. The minimum absolute atomic E-state index is 0.00300. The summed E-state index contributed by atoms with van der Waals surface area (Å²) in [6.45, 7) is 2.04. The van der Waals surface area contributed by atoms with E-state index in [9.17, 15) is 14.4 Å². The number of carboxylic acid groups (broad SMARTS) is 1. The van der Waals surface area contributed by atoms with Crippen LogP contribution in [0, 0.1) is 0 Å². The van der Waals surface area contributed by atoms with E-state index in [1.807, 2.05) is 0 Å². The van der Waals surface area contributed by atoms with Crippen LogP contribution in [0.2, 0.25) is 0 Å². The molecule has 2 amide bonds. The molecule has 110 valence electrons. The van der Waals surface area contributed by atoms with Gasteiger partial charge in [-0.2, -0.15) is 0 Å². The summed E-state index contributed by atoms with van der Waals surface area (Å²) in [7, 11) is 0. The van der Waals surface area contributed by atoms with Gasteiger partial charge in [-0.15, -0.1) is 11.3 Å². The van der Waals surface area contributed by atoms with Gasteiger partial charge in [0, 0.05) is 18.3 Å². The molecule has 1 aromatic rings. The van der Waals surface area contributed by atoms with Crippen molar-refractivity contribution in [1.82, 2.24) is 15.6 Å². The molecule has 1 heterocycles. The van der Waals surface area contributed by atoms with Crippen LogP contribution < -0.4 is 10.6 Å². The molecule has 0 aromatic carbocycles. The molecule has 0 atom stereocenters. The number of nitrogens with zero attached hydrogens (tertiary/aromatic N) is 1. The summed E-state index contributed by atoms with van der Waals surface area (Å²) < 4.78 is 4.65. The first-order valence-corrected chi connectivity index (χ1v) is 6.76. The lowest BCUT2D eigenvalue weighted by molar-refractivity contribution is -0.141. The van der Waals surface area contributed by atoms with Crippen molar-refractivity contribution in [3.05, 3.63) is 16.1 Å². The Hall–Kier alpha value is -2.16. The Balaban J connectivity index is 2.21. The molecule has 0 unspecified atom stereocenters. The number of esters is 1. The lowest BCUT2D eigenvalue weighted by Crippen LogP contribution is -2.39. The quantitative estimate of drug-likeness (QED) is 0.621. The van der Waals surface area contributed by atoms with Crippen LogP contribution >= 0.6 is 11.3 Å². The Labute approximate surface area is 119 Å². The lowest BCUT2D eigenvalue weighted by Gasteiger charge is -2.06. The van der Waals surface area contributed by atoms with Crippen LogP contribution in [-0.2, 0) is 16.0 Å². The van der Waals surface area contributed by atoms with Gasteiger partial charge >= 0.3 is 18.0 Å². The molecule has 1 rings (SSSR count). The van der Waals surface area contributed by atoms with Gasteiger partial charge in [0.2, 0.25) is 0 Å². The van der Waals surface area contributed by atoms with Crippen molar-refractivity contribution >= 4 is 29.3 Å². The molecular formula is C11H15N3O5S. The second-order valence-corrected chi connectivity index (χ2v) is 4.54. The van der Waals surface area contributed by atoms with E-state index in [1.54, 1.807) is 6.92 Å². The fraction of sp³-hybridized carbons (Fsp3) is 0.455. The number of aromatic nitrogens is 1. The van der Waals surface area contributed by atoms with E-state index in [4.69, 9.17) is 5.11 Å². The summed E-state index contributed by atoms with van der Waals surface area (Å²) >= 11 is 1.22. The largest absolute Gasteiger partial charge is 0.476 e. The van der Waals surface area contributed by atoms with Gasteiger partial charge in [0.1, 0.15) is 6.54 Å². The zero-order chi connectivity index (χ0) is 15.0. The number of hydrogen-bond acceptors (Lipinski definition) is 6. The predicted octanol–water partition coefficient (Wildman–Crippen LogP) is 0.246. The Morgan fingerprint density at radius 2 is 2.15 bits per heavy atom. The molecule has 0 aliphatic carbocycles. The van der Waals surface area contributed by atoms with Crippen LogP contribution in [0.5, 0.6) is 0 Å². The van der Waals surface area contributed by atoms with Crippen molar-refractivity contribution in [1.29, 1.82) is 0 Å². The third kappa shape index (κ3) is 5.65. The highest BCUT2D eigenvalue weighted by Crippen LogP contribution is 2.09. The Morgan fingerprint density at radius 1 is 1.40 bits per heavy atom. The van der Waals surface area contributed by atoms with Crippen LogP contribution in [0.25, 0.3) is 0 Å². The molecule has 0 radical (unpaired) electrons. The maximum Gasteiger partial charge on any atom is 0.355 e. The molecule has 0 aliphatic heterocycles. The molecule has 0 bridgehead atoms. The number of carbonyl (C=O) groups is 3. The number of nitrogens with one attached hydrogen (secondary N) is 2. The highest BCUT2D eigenvalue weighted by Gasteiger charge is 2.09. The van der Waals surface area contributed by atoms with Crippen LogP contribution in [0.3, 0.4) is 0 Å². The Bertz CT molecular complexity index is 488. The predicted molar refractivity (Wildman–Crippen MR) is 70.8 cm³/mol. The normalized spacial score (nSPS) is 9.85. The van der Waals surface area contributed by atoms with E-state index in [0.29, 0.717) is 18.0 Å². The number of ether oxygens (including phenoxy) is 1. The van der Waals surface area contributed by atoms with Gasteiger partial charge in [0.15, 0.2) is 5.69 Å². The van der Waals surface area contributed by atoms with Gasteiger partial charge in [-0.05, 0) is 6.92 Å². The standard InChI is InChI=1S/C11H15N3O5S/c1-2-19-9(15)5-13-11(18)12-4-3-8-14-7(6-20-8)10(16)17/h6H,2-5H2,1H3,(H,16,17)(H2,12,13,18). The van der Waals surface area contributed by atoms with Crippen molar-refractivity contribution in [3.8, 4) is 0 Å². The van der Waals surface area contributed by atoms with Crippen LogP contribution in [0.1, 0.15) is 22.4 Å². The lowest BCUT2D eigenvalue weighted by atomic mass is 10.4. The summed E-state index contributed by atoms with van der Waals surface area (Å²) in [5.74, 6) is -1.58. The van der Waals surface area contributed by atoms with Crippen LogP contribution in [-0.4, -0.2) is 47.8 Å². The second kappa shape index (κ2) is 8.10. The molecule has 0 saturated heterocycles. The molecular weight excluding hydrogens is 286 g/mol. The van der Waals surface area contributed by atoms with E-state index < -0.39 is 18.0 Å². The fourth-order valence-electron chi connectivity index (χ4n) is 1.23. The van der Waals surface area contributed by atoms with Crippen molar-refractivity contribution < 1.29 is 24.2 Å². The fourth-order valence-corrected chi connectivity index (χ4v) is 2.01. The highest BCUT2D eigenvalue weighted by molar-refractivity contribution is 7.09. The van der Waals surface area contributed by atoms with Crippen molar-refractivity contribution in [3.63, 3.8) is 0 Å². The van der Waals surface area contributed by atoms with Gasteiger partial charge in [0.25, 0.3) is 0 Å². The van der Waals surface area contributed by atoms with Gasteiger partial charge in [-0.3, -0.25) is 4.79 Å². The SMILES string of the molecule is CCOC(=O)CNC(=O)NCCc1nc(C(=O)O)cs1.